The van der Waals surface area contributed by atoms with E-state index >= 15 is 0 Å². The highest BCUT2D eigenvalue weighted by Crippen LogP contribution is 2.31. The second-order valence-corrected chi connectivity index (χ2v) is 5.53. The van der Waals surface area contributed by atoms with Crippen LogP contribution in [-0.4, -0.2) is 47.1 Å². The quantitative estimate of drug-likeness (QED) is 0.744. The molecule has 0 bridgehead atoms. The fourth-order valence-corrected chi connectivity index (χ4v) is 2.99. The maximum absolute atomic E-state index is 12.3. The normalized spacial score (nSPS) is 17.6. The standard InChI is InChI=1S/C16H16N2O3/c1-10(19)18-7-12(11-5-3-4-6-13(11)18)16-14(20)8-17(2)9-15(16)21/h3-7,16H,8-9H2,1-2H3. The molecule has 0 N–H and O–H groups in total. The summed E-state index contributed by atoms with van der Waals surface area (Å²) in [6.07, 6.45) is 1.64. The lowest BCUT2D eigenvalue weighted by Crippen LogP contribution is -2.44. The lowest BCUT2D eigenvalue weighted by atomic mass is 9.87. The number of likely N-dealkylation sites (N-methyl/N-ethyl adjacent to an activating group) is 1. The Labute approximate surface area is 122 Å². The van der Waals surface area contributed by atoms with Crippen molar-refractivity contribution in [3.8, 4) is 0 Å². The summed E-state index contributed by atoms with van der Waals surface area (Å²) >= 11 is 0. The molecular weight excluding hydrogens is 268 g/mol. The van der Waals surface area contributed by atoms with Crippen molar-refractivity contribution >= 4 is 28.4 Å². The van der Waals surface area contributed by atoms with Crippen LogP contribution in [0, 0.1) is 0 Å². The van der Waals surface area contributed by atoms with E-state index in [0.29, 0.717) is 5.56 Å². The molecule has 5 heteroatoms. The lowest BCUT2D eigenvalue weighted by molar-refractivity contribution is -0.134. The van der Waals surface area contributed by atoms with Gasteiger partial charge in [-0.2, -0.15) is 0 Å². The summed E-state index contributed by atoms with van der Waals surface area (Å²) < 4.78 is 1.50. The molecule has 5 nitrogen and oxygen atoms in total. The SMILES string of the molecule is CC(=O)n1cc(C2C(=O)CN(C)CC2=O)c2ccccc21. The number of para-hydroxylation sites is 1. The van der Waals surface area contributed by atoms with Gasteiger partial charge in [0.2, 0.25) is 5.91 Å². The number of likely N-dealkylation sites (tertiary alicyclic amines) is 1. The van der Waals surface area contributed by atoms with Crippen molar-refractivity contribution < 1.29 is 14.4 Å². The number of rotatable bonds is 1. The van der Waals surface area contributed by atoms with Crippen LogP contribution >= 0.6 is 0 Å². The minimum atomic E-state index is -0.758. The molecule has 0 atom stereocenters. The highest BCUT2D eigenvalue weighted by atomic mass is 16.2. The maximum atomic E-state index is 12.3. The Hall–Kier alpha value is -2.27. The molecular formula is C16H16N2O3. The van der Waals surface area contributed by atoms with E-state index in [9.17, 15) is 14.4 Å². The molecule has 3 rings (SSSR count). The van der Waals surface area contributed by atoms with Gasteiger partial charge in [0, 0.05) is 18.5 Å². The summed E-state index contributed by atoms with van der Waals surface area (Å²) in [7, 11) is 1.75. The molecule has 1 aliphatic rings. The van der Waals surface area contributed by atoms with Crippen LogP contribution in [0.1, 0.15) is 23.2 Å². The second kappa shape index (κ2) is 4.93. The highest BCUT2D eigenvalue weighted by Gasteiger charge is 2.36. The van der Waals surface area contributed by atoms with Gasteiger partial charge < -0.3 is 0 Å². The minimum Gasteiger partial charge on any atom is -0.297 e. The average molecular weight is 284 g/mol. The third-order valence-corrected chi connectivity index (χ3v) is 3.89. The monoisotopic (exact) mass is 284 g/mol. The van der Waals surface area contributed by atoms with E-state index in [2.05, 4.69) is 0 Å². The van der Waals surface area contributed by atoms with Crippen molar-refractivity contribution in [3.05, 3.63) is 36.0 Å². The van der Waals surface area contributed by atoms with Gasteiger partial charge in [0.05, 0.1) is 18.6 Å². The molecule has 1 saturated heterocycles. The Morgan fingerprint density at radius 3 is 2.38 bits per heavy atom. The summed E-state index contributed by atoms with van der Waals surface area (Å²) in [4.78, 5) is 38.0. The Bertz CT molecular complexity index is 742. The van der Waals surface area contributed by atoms with Crippen LogP contribution in [0.2, 0.25) is 0 Å². The second-order valence-electron chi connectivity index (χ2n) is 5.53. The van der Waals surface area contributed by atoms with Crippen molar-refractivity contribution in [2.75, 3.05) is 20.1 Å². The van der Waals surface area contributed by atoms with Gasteiger partial charge in [-0.15, -0.1) is 0 Å². The number of hydrogen-bond acceptors (Lipinski definition) is 4. The zero-order valence-electron chi connectivity index (χ0n) is 12.0. The van der Waals surface area contributed by atoms with Gasteiger partial charge in [-0.3, -0.25) is 23.9 Å². The lowest BCUT2D eigenvalue weighted by Gasteiger charge is -2.26. The Morgan fingerprint density at radius 1 is 1.14 bits per heavy atom. The van der Waals surface area contributed by atoms with Gasteiger partial charge >= 0.3 is 0 Å². The first-order valence-electron chi connectivity index (χ1n) is 6.84. The van der Waals surface area contributed by atoms with Crippen LogP contribution in [0.15, 0.2) is 30.5 Å². The molecule has 0 unspecified atom stereocenters. The largest absolute Gasteiger partial charge is 0.297 e. The number of carbonyl (C=O) groups is 3. The highest BCUT2D eigenvalue weighted by molar-refractivity contribution is 6.13. The van der Waals surface area contributed by atoms with E-state index < -0.39 is 5.92 Å². The van der Waals surface area contributed by atoms with E-state index in [0.717, 1.165) is 10.9 Å². The van der Waals surface area contributed by atoms with E-state index in [1.807, 2.05) is 24.3 Å². The number of aromatic nitrogens is 1. The first-order chi connectivity index (χ1) is 9.99. The van der Waals surface area contributed by atoms with E-state index in [1.54, 1.807) is 18.1 Å². The number of Topliss-reactive ketones (excluding diaryl/α,β-unsaturated/α-hetero) is 2. The molecule has 0 amide bonds. The van der Waals surface area contributed by atoms with Gasteiger partial charge in [0.1, 0.15) is 5.92 Å². The topological polar surface area (TPSA) is 59.4 Å². The molecule has 0 radical (unpaired) electrons. The molecule has 1 aromatic heterocycles. The van der Waals surface area contributed by atoms with Crippen molar-refractivity contribution in [1.29, 1.82) is 0 Å². The van der Waals surface area contributed by atoms with E-state index in [4.69, 9.17) is 0 Å². The van der Waals surface area contributed by atoms with Gasteiger partial charge in [-0.1, -0.05) is 18.2 Å². The summed E-state index contributed by atoms with van der Waals surface area (Å²) in [5.41, 5.74) is 1.38. The Kier molecular flexibility index (Phi) is 3.22. The molecule has 0 aliphatic carbocycles. The molecule has 0 spiro atoms. The Morgan fingerprint density at radius 2 is 1.76 bits per heavy atom. The van der Waals surface area contributed by atoms with Crippen molar-refractivity contribution in [3.63, 3.8) is 0 Å². The van der Waals surface area contributed by atoms with Crippen LogP contribution in [0.4, 0.5) is 0 Å². The third-order valence-electron chi connectivity index (χ3n) is 3.89. The predicted octanol–water partition coefficient (Wildman–Crippen LogP) is 1.47. The van der Waals surface area contributed by atoms with Crippen LogP contribution in [0.5, 0.6) is 0 Å². The zero-order valence-corrected chi connectivity index (χ0v) is 12.0. The first kappa shape index (κ1) is 13.7. The zero-order chi connectivity index (χ0) is 15.1. The number of piperidine rings is 1. The summed E-state index contributed by atoms with van der Waals surface area (Å²) in [5.74, 6) is -1.11. The molecule has 0 saturated carbocycles. The third kappa shape index (κ3) is 2.19. The van der Waals surface area contributed by atoms with E-state index in [-0.39, 0.29) is 30.6 Å². The first-order valence-corrected chi connectivity index (χ1v) is 6.84. The molecule has 21 heavy (non-hydrogen) atoms. The molecule has 108 valence electrons. The number of nitrogens with zero attached hydrogens (tertiary/aromatic N) is 2. The number of hydrogen-bond donors (Lipinski definition) is 0. The molecule has 2 aromatic rings. The molecule has 1 aliphatic heterocycles. The summed E-state index contributed by atoms with van der Waals surface area (Å²) in [5, 5.41) is 0.795. The van der Waals surface area contributed by atoms with Crippen molar-refractivity contribution in [2.45, 2.75) is 12.8 Å². The number of carbonyl (C=O) groups excluding carboxylic acids is 3. The van der Waals surface area contributed by atoms with Gasteiger partial charge in [-0.05, 0) is 18.7 Å². The number of fused-ring (bicyclic) bond motifs is 1. The minimum absolute atomic E-state index is 0.111. The average Bonchev–Trinajstić information content (AvgIpc) is 2.78. The molecule has 1 fully saturated rings. The number of benzene rings is 1. The van der Waals surface area contributed by atoms with Crippen molar-refractivity contribution in [1.82, 2.24) is 9.47 Å². The molecule has 2 heterocycles. The summed E-state index contributed by atoms with van der Waals surface area (Å²) in [6, 6.07) is 7.36. The van der Waals surface area contributed by atoms with Crippen LogP contribution < -0.4 is 0 Å². The fourth-order valence-electron chi connectivity index (χ4n) is 2.99. The number of ketones is 2. The summed E-state index contributed by atoms with van der Waals surface area (Å²) in [6.45, 7) is 1.99. The fraction of sp³-hybridized carbons (Fsp3) is 0.312. The molecule has 1 aromatic carbocycles. The van der Waals surface area contributed by atoms with E-state index in [1.165, 1.54) is 11.5 Å². The maximum Gasteiger partial charge on any atom is 0.227 e. The van der Waals surface area contributed by atoms with Gasteiger partial charge in [0.15, 0.2) is 11.6 Å². The predicted molar refractivity (Wildman–Crippen MR) is 78.5 cm³/mol. The van der Waals surface area contributed by atoms with Crippen LogP contribution in [-0.2, 0) is 9.59 Å². The van der Waals surface area contributed by atoms with Gasteiger partial charge in [0.25, 0.3) is 0 Å². The van der Waals surface area contributed by atoms with Crippen LogP contribution in [0.3, 0.4) is 0 Å². The van der Waals surface area contributed by atoms with Crippen LogP contribution in [0.25, 0.3) is 10.9 Å². The Balaban J connectivity index is 2.19. The van der Waals surface area contributed by atoms with Crippen molar-refractivity contribution in [2.24, 2.45) is 0 Å². The smallest absolute Gasteiger partial charge is 0.227 e. The van der Waals surface area contributed by atoms with Gasteiger partial charge in [-0.25, -0.2) is 0 Å².